The van der Waals surface area contributed by atoms with Crippen LogP contribution in [0.5, 0.6) is 0 Å². The van der Waals surface area contributed by atoms with Gasteiger partial charge in [0.1, 0.15) is 0 Å². The molecule has 0 radical (unpaired) electrons. The molecule has 0 unspecified atom stereocenters. The van der Waals surface area contributed by atoms with Crippen LogP contribution in [0.2, 0.25) is 0 Å². The molecule has 2 atom stereocenters. The highest BCUT2D eigenvalue weighted by Crippen LogP contribution is 2.32. The Balaban J connectivity index is 2.40. The van der Waals surface area contributed by atoms with E-state index < -0.39 is 4.75 Å². The first-order valence-corrected chi connectivity index (χ1v) is 8.16. The van der Waals surface area contributed by atoms with Crippen molar-refractivity contribution in [3.63, 3.8) is 0 Å². The van der Waals surface area contributed by atoms with E-state index in [0.29, 0.717) is 12.0 Å². The number of hydrogen-bond donors (Lipinski definition) is 2. The minimum Gasteiger partial charge on any atom is -0.381 e. The zero-order chi connectivity index (χ0) is 14.3. The van der Waals surface area contributed by atoms with Crippen LogP contribution in [-0.2, 0) is 9.53 Å². The topological polar surface area (TPSA) is 64.3 Å². The number of ether oxygens (including phenoxy) is 1. The molecule has 0 spiro atoms. The highest BCUT2D eigenvalue weighted by Gasteiger charge is 2.29. The summed E-state index contributed by atoms with van der Waals surface area (Å²) >= 11 is 1.71. The molecule has 4 nitrogen and oxygen atoms in total. The molecular formula is C14H28N2O2S. The predicted octanol–water partition coefficient (Wildman–Crippen LogP) is 2.47. The minimum atomic E-state index is -0.447. The highest BCUT2D eigenvalue weighted by atomic mass is 32.2. The molecule has 1 saturated carbocycles. The van der Waals surface area contributed by atoms with E-state index in [0.717, 1.165) is 12.2 Å². The van der Waals surface area contributed by atoms with Crippen molar-refractivity contribution in [1.29, 1.82) is 0 Å². The number of methoxy groups -OCH3 is 1. The monoisotopic (exact) mass is 288 g/mol. The van der Waals surface area contributed by atoms with Gasteiger partial charge in [-0.15, -0.1) is 11.8 Å². The van der Waals surface area contributed by atoms with Crippen molar-refractivity contribution in [2.24, 2.45) is 11.8 Å². The first-order valence-electron chi connectivity index (χ1n) is 7.17. The molecule has 0 aromatic heterocycles. The van der Waals surface area contributed by atoms with Crippen LogP contribution >= 0.6 is 11.8 Å². The Morgan fingerprint density at radius 3 is 2.63 bits per heavy atom. The zero-order valence-corrected chi connectivity index (χ0v) is 13.2. The number of carbonyl (C=O) groups excluding carboxylic acids is 1. The number of hydrazine groups is 1. The molecule has 1 fully saturated rings. The predicted molar refractivity (Wildman–Crippen MR) is 80.9 cm³/mol. The van der Waals surface area contributed by atoms with Gasteiger partial charge in [-0.1, -0.05) is 12.8 Å². The number of rotatable bonds is 5. The summed E-state index contributed by atoms with van der Waals surface area (Å²) in [5.41, 5.74) is 2.25. The van der Waals surface area contributed by atoms with Gasteiger partial charge in [0.05, 0.1) is 10.9 Å². The molecule has 0 saturated heterocycles. The number of nitrogens with two attached hydrogens (primary N) is 1. The fraction of sp³-hybridized carbons (Fsp3) is 0.929. The summed E-state index contributed by atoms with van der Waals surface area (Å²) in [6.45, 7) is 3.86. The van der Waals surface area contributed by atoms with E-state index in [4.69, 9.17) is 10.6 Å². The van der Waals surface area contributed by atoms with Crippen LogP contribution in [-0.4, -0.2) is 29.6 Å². The average Bonchev–Trinajstić information content (AvgIpc) is 2.37. The van der Waals surface area contributed by atoms with Crippen LogP contribution in [0.15, 0.2) is 0 Å². The van der Waals surface area contributed by atoms with Crippen LogP contribution in [0.25, 0.3) is 0 Å². The fourth-order valence-corrected chi connectivity index (χ4v) is 3.66. The van der Waals surface area contributed by atoms with Gasteiger partial charge < -0.3 is 4.74 Å². The van der Waals surface area contributed by atoms with Gasteiger partial charge in [-0.2, -0.15) is 0 Å². The van der Waals surface area contributed by atoms with Crippen LogP contribution in [0.1, 0.15) is 52.4 Å². The molecule has 1 aliphatic rings. The maximum Gasteiger partial charge on any atom is 0.249 e. The van der Waals surface area contributed by atoms with Crippen molar-refractivity contribution in [3.8, 4) is 0 Å². The lowest BCUT2D eigenvalue weighted by atomic mass is 9.91. The number of hydrogen-bond acceptors (Lipinski definition) is 4. The summed E-state index contributed by atoms with van der Waals surface area (Å²) in [5.74, 6) is 6.83. The van der Waals surface area contributed by atoms with Crippen LogP contribution in [0.4, 0.5) is 0 Å². The molecule has 0 bridgehead atoms. The Labute approximate surface area is 121 Å². The molecule has 5 heteroatoms. The van der Waals surface area contributed by atoms with Gasteiger partial charge in [-0.25, -0.2) is 5.84 Å². The molecule has 0 aromatic carbocycles. The lowest BCUT2D eigenvalue weighted by Crippen LogP contribution is -2.43. The smallest absolute Gasteiger partial charge is 0.249 e. The normalized spacial score (nSPS) is 25.5. The summed E-state index contributed by atoms with van der Waals surface area (Å²) in [6.07, 6.45) is 7.76. The average molecular weight is 288 g/mol. The van der Waals surface area contributed by atoms with E-state index in [9.17, 15) is 4.79 Å². The Kier molecular flexibility index (Phi) is 7.18. The molecule has 0 aliphatic heterocycles. The number of amides is 1. The number of carbonyl (C=O) groups is 1. The molecule has 1 amide bonds. The standard InChI is InChI=1S/C14H28N2O2S/c1-14(2,13(17)16-15)19-10-11-6-4-5-7-12(18-3)9-8-11/h11-12H,4-10,15H2,1-3H3,(H,16,17)/t11-,12+/m1/s1. The Hall–Kier alpha value is -0.260. The van der Waals surface area contributed by atoms with E-state index in [1.165, 1.54) is 32.1 Å². The van der Waals surface area contributed by atoms with Gasteiger partial charge in [0, 0.05) is 7.11 Å². The molecule has 112 valence electrons. The summed E-state index contributed by atoms with van der Waals surface area (Å²) in [4.78, 5) is 11.7. The first-order chi connectivity index (χ1) is 8.99. The van der Waals surface area contributed by atoms with E-state index in [-0.39, 0.29) is 5.91 Å². The third-order valence-corrected chi connectivity index (χ3v) is 5.52. The van der Waals surface area contributed by atoms with Gasteiger partial charge in [0.2, 0.25) is 5.91 Å². The van der Waals surface area contributed by atoms with Crippen molar-refractivity contribution >= 4 is 17.7 Å². The Bertz CT molecular complexity index is 285. The second kappa shape index (κ2) is 8.12. The van der Waals surface area contributed by atoms with Crippen LogP contribution in [0.3, 0.4) is 0 Å². The molecule has 0 aromatic rings. The van der Waals surface area contributed by atoms with Gasteiger partial charge in [-0.3, -0.25) is 10.2 Å². The quantitative estimate of drug-likeness (QED) is 0.463. The van der Waals surface area contributed by atoms with Crippen molar-refractivity contribution < 1.29 is 9.53 Å². The van der Waals surface area contributed by atoms with Gasteiger partial charge in [0.25, 0.3) is 0 Å². The maximum atomic E-state index is 11.7. The lowest BCUT2D eigenvalue weighted by molar-refractivity contribution is -0.122. The molecule has 1 rings (SSSR count). The Morgan fingerprint density at radius 2 is 2.00 bits per heavy atom. The fourth-order valence-electron chi connectivity index (χ4n) is 2.48. The molecule has 3 N–H and O–H groups in total. The van der Waals surface area contributed by atoms with Crippen molar-refractivity contribution in [2.45, 2.75) is 63.2 Å². The van der Waals surface area contributed by atoms with E-state index >= 15 is 0 Å². The van der Waals surface area contributed by atoms with Crippen molar-refractivity contribution in [3.05, 3.63) is 0 Å². The van der Waals surface area contributed by atoms with Crippen molar-refractivity contribution in [2.75, 3.05) is 12.9 Å². The van der Waals surface area contributed by atoms with E-state index in [2.05, 4.69) is 5.43 Å². The van der Waals surface area contributed by atoms with Gasteiger partial charge in [-0.05, 0) is 51.2 Å². The summed E-state index contributed by atoms with van der Waals surface area (Å²) in [7, 11) is 1.81. The largest absolute Gasteiger partial charge is 0.381 e. The summed E-state index contributed by atoms with van der Waals surface area (Å²) in [6, 6.07) is 0. The molecule has 19 heavy (non-hydrogen) atoms. The van der Waals surface area contributed by atoms with E-state index in [1.54, 1.807) is 11.8 Å². The molecule has 0 heterocycles. The minimum absolute atomic E-state index is 0.0990. The number of thioether (sulfide) groups is 1. The second-order valence-electron chi connectivity index (χ2n) is 5.88. The number of nitrogens with one attached hydrogen (secondary N) is 1. The van der Waals surface area contributed by atoms with Crippen LogP contribution in [0, 0.1) is 5.92 Å². The molecule has 1 aliphatic carbocycles. The molecular weight excluding hydrogens is 260 g/mol. The Morgan fingerprint density at radius 1 is 1.32 bits per heavy atom. The van der Waals surface area contributed by atoms with Gasteiger partial charge >= 0.3 is 0 Å². The van der Waals surface area contributed by atoms with E-state index in [1.807, 2.05) is 21.0 Å². The summed E-state index contributed by atoms with van der Waals surface area (Å²) < 4.78 is 5.04. The summed E-state index contributed by atoms with van der Waals surface area (Å²) in [5, 5.41) is 0. The van der Waals surface area contributed by atoms with Crippen molar-refractivity contribution in [1.82, 2.24) is 5.43 Å². The first kappa shape index (κ1) is 16.8. The third-order valence-electron chi connectivity index (χ3n) is 3.98. The maximum absolute atomic E-state index is 11.7. The highest BCUT2D eigenvalue weighted by molar-refractivity contribution is 8.01. The van der Waals surface area contributed by atoms with Crippen LogP contribution < -0.4 is 11.3 Å². The lowest BCUT2D eigenvalue weighted by Gasteiger charge is -2.27. The zero-order valence-electron chi connectivity index (χ0n) is 12.4. The second-order valence-corrected chi connectivity index (χ2v) is 7.52. The van der Waals surface area contributed by atoms with Gasteiger partial charge in [0.15, 0.2) is 0 Å². The SMILES string of the molecule is CO[C@H]1CCCC[C@@H](CSC(C)(C)C(=O)NN)CC1. The third kappa shape index (κ3) is 5.71.